The Morgan fingerprint density at radius 3 is 1.67 bits per heavy atom. The summed E-state index contributed by atoms with van der Waals surface area (Å²) in [6.07, 6.45) is 47.3. The summed E-state index contributed by atoms with van der Waals surface area (Å²) in [7, 11) is 1.38. The van der Waals surface area contributed by atoms with Crippen LogP contribution in [0.4, 0.5) is 0 Å². The number of carbonyl (C=O) groups is 2. The molecule has 0 rings (SSSR count). The Labute approximate surface area is 327 Å². The zero-order valence-electron chi connectivity index (χ0n) is 33.9. The molecule has 304 valence electrons. The fraction of sp³-hybridized carbons (Fsp3) is 0.545. The second kappa shape index (κ2) is 35.4. The molecule has 10 heteroatoms. The number of esters is 2. The van der Waals surface area contributed by atoms with Crippen LogP contribution in [0.3, 0.4) is 0 Å². The van der Waals surface area contributed by atoms with Crippen molar-refractivity contribution in [2.75, 3.05) is 47.5 Å². The van der Waals surface area contributed by atoms with Crippen LogP contribution in [-0.4, -0.2) is 74.9 Å². The number of rotatable bonds is 33. The van der Waals surface area contributed by atoms with E-state index in [4.69, 9.17) is 18.5 Å². The fourth-order valence-corrected chi connectivity index (χ4v) is 5.07. The Bertz CT molecular complexity index is 1280. The van der Waals surface area contributed by atoms with Crippen LogP contribution in [0.2, 0.25) is 0 Å². The van der Waals surface area contributed by atoms with E-state index in [1.165, 1.54) is 25.7 Å². The zero-order chi connectivity index (χ0) is 40.0. The Balaban J connectivity index is 4.65. The van der Waals surface area contributed by atoms with Crippen molar-refractivity contribution in [3.8, 4) is 0 Å². The van der Waals surface area contributed by atoms with Gasteiger partial charge >= 0.3 is 19.8 Å². The maximum absolute atomic E-state index is 12.6. The van der Waals surface area contributed by atoms with E-state index >= 15 is 0 Å². The lowest BCUT2D eigenvalue weighted by atomic mass is 10.2. The number of hydrogen-bond acceptors (Lipinski definition) is 7. The molecular weight excluding hydrogens is 701 g/mol. The van der Waals surface area contributed by atoms with Crippen molar-refractivity contribution >= 4 is 19.8 Å². The average Bonchev–Trinajstić information content (AvgIpc) is 3.12. The number of unbranched alkanes of at least 4 members (excludes halogenated alkanes) is 5. The first kappa shape index (κ1) is 50.7. The first-order chi connectivity index (χ1) is 26.0. The first-order valence-electron chi connectivity index (χ1n) is 19.7. The number of quaternary nitrogens is 1. The van der Waals surface area contributed by atoms with Crippen LogP contribution in [0.25, 0.3) is 0 Å². The zero-order valence-corrected chi connectivity index (χ0v) is 34.8. The van der Waals surface area contributed by atoms with Crippen molar-refractivity contribution in [2.45, 2.75) is 110 Å². The number of likely N-dealkylation sites (N-methyl/N-ethyl adjacent to an activating group) is 1. The molecule has 0 fully saturated rings. The normalized spacial score (nSPS) is 14.9. The second-order valence-corrected chi connectivity index (χ2v) is 15.2. The predicted molar refractivity (Wildman–Crippen MR) is 224 cm³/mol. The van der Waals surface area contributed by atoms with Gasteiger partial charge in [-0.3, -0.25) is 18.6 Å². The third-order valence-electron chi connectivity index (χ3n) is 7.41. The van der Waals surface area contributed by atoms with E-state index in [-0.39, 0.29) is 26.1 Å². The highest BCUT2D eigenvalue weighted by Gasteiger charge is 2.27. The van der Waals surface area contributed by atoms with E-state index in [1.54, 1.807) is 0 Å². The van der Waals surface area contributed by atoms with E-state index in [2.05, 4.69) is 62.5 Å². The number of phosphoric ester groups is 1. The third kappa shape index (κ3) is 38.4. The highest BCUT2D eigenvalue weighted by molar-refractivity contribution is 7.47. The van der Waals surface area contributed by atoms with Gasteiger partial charge in [-0.05, 0) is 64.2 Å². The van der Waals surface area contributed by atoms with Gasteiger partial charge in [0.25, 0.3) is 0 Å². The van der Waals surface area contributed by atoms with Gasteiger partial charge in [0.1, 0.15) is 19.8 Å². The third-order valence-corrected chi connectivity index (χ3v) is 8.40. The molecule has 1 N–H and O–H groups in total. The van der Waals surface area contributed by atoms with E-state index in [0.29, 0.717) is 30.3 Å². The smallest absolute Gasteiger partial charge is 0.462 e. The molecule has 0 spiro atoms. The SMILES string of the molecule is CC/C=C/C=C/C=C/C=C/C=C/CCCC(=O)OC(COC(=O)CCC/C=C/C/C=C/C/C=C/C/C=C/CCCCC)COP(=O)(O)OCC[N+](C)(C)C. The summed E-state index contributed by atoms with van der Waals surface area (Å²) in [5.41, 5.74) is 0. The van der Waals surface area contributed by atoms with E-state index in [9.17, 15) is 19.0 Å². The quantitative estimate of drug-likeness (QED) is 0.0175. The number of phosphoric acid groups is 1. The van der Waals surface area contributed by atoms with Gasteiger partial charge in [0.15, 0.2) is 6.10 Å². The van der Waals surface area contributed by atoms with Crippen LogP contribution < -0.4 is 0 Å². The molecule has 0 bridgehead atoms. The topological polar surface area (TPSA) is 108 Å². The van der Waals surface area contributed by atoms with Gasteiger partial charge in [0.2, 0.25) is 0 Å². The number of nitrogens with zero attached hydrogens (tertiary/aromatic N) is 1. The Hall–Kier alpha value is -3.33. The number of allylic oxidation sites excluding steroid dienone is 18. The molecule has 2 unspecified atom stereocenters. The Morgan fingerprint density at radius 2 is 1.11 bits per heavy atom. The lowest BCUT2D eigenvalue weighted by Gasteiger charge is -2.24. The van der Waals surface area contributed by atoms with Crippen LogP contribution in [0.15, 0.2) is 109 Å². The molecule has 0 aromatic rings. The Kier molecular flexibility index (Phi) is 33.2. The lowest BCUT2D eigenvalue weighted by molar-refractivity contribution is -0.870. The van der Waals surface area contributed by atoms with Crippen molar-refractivity contribution in [3.05, 3.63) is 109 Å². The molecule has 0 aliphatic carbocycles. The van der Waals surface area contributed by atoms with E-state index < -0.39 is 32.5 Å². The molecule has 2 atom stereocenters. The minimum atomic E-state index is -4.41. The molecular formula is C44H71NO8P+. The van der Waals surface area contributed by atoms with E-state index in [1.807, 2.05) is 81.9 Å². The second-order valence-electron chi connectivity index (χ2n) is 13.7. The summed E-state index contributed by atoms with van der Waals surface area (Å²) in [5, 5.41) is 0. The monoisotopic (exact) mass is 772 g/mol. The average molecular weight is 773 g/mol. The molecule has 0 saturated heterocycles. The van der Waals surface area contributed by atoms with Crippen molar-refractivity contribution in [2.24, 2.45) is 0 Å². The summed E-state index contributed by atoms with van der Waals surface area (Å²) < 4.78 is 34.0. The minimum absolute atomic E-state index is 0.00282. The van der Waals surface area contributed by atoms with Crippen LogP contribution >= 0.6 is 7.82 Å². The van der Waals surface area contributed by atoms with Gasteiger partial charge < -0.3 is 18.9 Å². The molecule has 0 aliphatic heterocycles. The van der Waals surface area contributed by atoms with Crippen molar-refractivity contribution < 1.29 is 42.1 Å². The van der Waals surface area contributed by atoms with Gasteiger partial charge in [0, 0.05) is 12.8 Å². The predicted octanol–water partition coefficient (Wildman–Crippen LogP) is 10.8. The standard InChI is InChI=1S/C44H70NO8P/c1-6-8-10-12-14-16-18-20-21-22-23-25-26-28-30-32-34-36-43(46)50-40-42(41-52-54(48,49)51-39-38-45(3,4)5)53-44(47)37-35-33-31-29-27-24-19-17-15-13-11-9-7-2/h9,11,13-17,19-21,23-25,27-31,42H,6-8,10,12,18,22,26,32-41H2,1-5H3/p+1/b11-9+,15-13+,16-14+,19-17+,21-20+,25-23+,27-24+,30-28+,31-29+. The number of carbonyl (C=O) groups excluding carboxylic acids is 2. The van der Waals surface area contributed by atoms with Gasteiger partial charge in [0.05, 0.1) is 27.7 Å². The molecule has 0 radical (unpaired) electrons. The largest absolute Gasteiger partial charge is 0.472 e. The molecule has 0 aliphatic rings. The molecule has 54 heavy (non-hydrogen) atoms. The number of ether oxygens (including phenoxy) is 2. The number of hydrogen-bond donors (Lipinski definition) is 1. The minimum Gasteiger partial charge on any atom is -0.462 e. The first-order valence-corrected chi connectivity index (χ1v) is 21.2. The molecule has 9 nitrogen and oxygen atoms in total. The highest BCUT2D eigenvalue weighted by Crippen LogP contribution is 2.43. The van der Waals surface area contributed by atoms with Gasteiger partial charge in [-0.25, -0.2) is 4.57 Å². The summed E-state index contributed by atoms with van der Waals surface area (Å²) in [5.74, 6) is -0.967. The van der Waals surface area contributed by atoms with Gasteiger partial charge in [-0.2, -0.15) is 0 Å². The maximum atomic E-state index is 12.6. The van der Waals surface area contributed by atoms with Gasteiger partial charge in [-0.15, -0.1) is 0 Å². The highest BCUT2D eigenvalue weighted by atomic mass is 31.2. The molecule has 0 saturated carbocycles. The molecule has 0 heterocycles. The van der Waals surface area contributed by atoms with Crippen molar-refractivity contribution in [1.29, 1.82) is 0 Å². The van der Waals surface area contributed by atoms with Crippen LogP contribution in [0.1, 0.15) is 104 Å². The molecule has 0 amide bonds. The molecule has 0 aromatic heterocycles. The van der Waals surface area contributed by atoms with E-state index in [0.717, 1.165) is 32.1 Å². The maximum Gasteiger partial charge on any atom is 0.472 e. The Morgan fingerprint density at radius 1 is 0.611 bits per heavy atom. The van der Waals surface area contributed by atoms with Crippen LogP contribution in [-0.2, 0) is 32.7 Å². The molecule has 0 aromatic carbocycles. The summed E-state index contributed by atoms with van der Waals surface area (Å²) >= 11 is 0. The lowest BCUT2D eigenvalue weighted by Crippen LogP contribution is -2.37. The van der Waals surface area contributed by atoms with Crippen LogP contribution in [0.5, 0.6) is 0 Å². The van der Waals surface area contributed by atoms with Crippen LogP contribution in [0, 0.1) is 0 Å². The summed E-state index contributed by atoms with van der Waals surface area (Å²) in [6.45, 7) is 4.05. The fourth-order valence-electron chi connectivity index (χ4n) is 4.33. The van der Waals surface area contributed by atoms with Crippen molar-refractivity contribution in [3.63, 3.8) is 0 Å². The van der Waals surface area contributed by atoms with Crippen molar-refractivity contribution in [1.82, 2.24) is 0 Å². The van der Waals surface area contributed by atoms with Gasteiger partial charge in [-0.1, -0.05) is 136 Å². The summed E-state index contributed by atoms with van der Waals surface area (Å²) in [6, 6.07) is 0. The summed E-state index contributed by atoms with van der Waals surface area (Å²) in [4.78, 5) is 35.2.